The Hall–Kier alpha value is -3.25. The maximum absolute atomic E-state index is 8.56. The van der Waals surface area contributed by atoms with Crippen LogP contribution in [0.1, 0.15) is 128 Å². The summed E-state index contributed by atoms with van der Waals surface area (Å²) in [6, 6.07) is 1.98. The minimum absolute atomic E-state index is 0.448. The van der Waals surface area contributed by atoms with Crippen LogP contribution in [0.5, 0.6) is 0 Å². The molecule has 4 aliphatic carbocycles. The normalized spacial score (nSPS) is 19.8. The lowest BCUT2D eigenvalue weighted by atomic mass is 9.95. The molecule has 0 aromatic heterocycles. The fourth-order valence-electron chi connectivity index (χ4n) is 7.21. The van der Waals surface area contributed by atoms with Crippen molar-refractivity contribution in [3.8, 4) is 0 Å². The first-order valence-corrected chi connectivity index (χ1v) is 19.3. The van der Waals surface area contributed by atoms with Crippen LogP contribution < -0.4 is 10.6 Å². The number of hydrogen-bond donors (Lipinski definition) is 4. The topological polar surface area (TPSA) is 144 Å². The summed E-state index contributed by atoms with van der Waals surface area (Å²) >= 11 is 0. The van der Waals surface area contributed by atoms with Gasteiger partial charge in [-0.05, 0) is 51.4 Å². The highest BCUT2D eigenvalue weighted by molar-refractivity contribution is 5.95. The van der Waals surface area contributed by atoms with Gasteiger partial charge < -0.3 is 40.4 Å². The number of carboxylic acid groups (broad SMARTS) is 2. The van der Waals surface area contributed by atoms with Crippen LogP contribution in [0.4, 0.5) is 4.79 Å². The average molecular weight is 705 g/mol. The Morgan fingerprint density at radius 2 is 0.700 bits per heavy atom. The molecule has 0 heterocycles. The Balaban J connectivity index is 0.000000313. The van der Waals surface area contributed by atoms with Crippen LogP contribution in [0.15, 0.2) is 20.0 Å². The van der Waals surface area contributed by atoms with Crippen molar-refractivity contribution >= 4 is 30.0 Å². The van der Waals surface area contributed by atoms with Gasteiger partial charge in [0.2, 0.25) is 23.8 Å². The number of guanidine groups is 4. The van der Waals surface area contributed by atoms with E-state index >= 15 is 0 Å². The van der Waals surface area contributed by atoms with Crippen LogP contribution in [-0.2, 0) is 0 Å². The fraction of sp³-hybridized carbons (Fsp3) is 0.865. The van der Waals surface area contributed by atoms with Gasteiger partial charge in [0.1, 0.15) is 0 Å². The summed E-state index contributed by atoms with van der Waals surface area (Å²) in [7, 11) is 16.3. The van der Waals surface area contributed by atoms with Crippen molar-refractivity contribution < 1.29 is 15.0 Å². The first kappa shape index (κ1) is 42.9. The summed E-state index contributed by atoms with van der Waals surface area (Å²) in [5.41, 5.74) is 0. The lowest BCUT2D eigenvalue weighted by Crippen LogP contribution is -2.41. The second-order valence-electron chi connectivity index (χ2n) is 15.1. The van der Waals surface area contributed by atoms with E-state index in [9.17, 15) is 0 Å². The van der Waals surface area contributed by atoms with Gasteiger partial charge in [-0.3, -0.25) is 0 Å². The van der Waals surface area contributed by atoms with E-state index in [1.807, 2.05) is 56.4 Å². The van der Waals surface area contributed by atoms with E-state index in [0.29, 0.717) is 24.2 Å². The molecule has 0 aromatic carbocycles. The molecular weight excluding hydrogens is 632 g/mol. The Morgan fingerprint density at radius 1 is 0.460 bits per heavy atom. The molecule has 0 amide bonds. The largest absolute Gasteiger partial charge is 0.503 e. The molecule has 0 aromatic rings. The summed E-state index contributed by atoms with van der Waals surface area (Å²) in [5.74, 6) is 3.59. The quantitative estimate of drug-likeness (QED) is 0.194. The van der Waals surface area contributed by atoms with Gasteiger partial charge in [-0.25, -0.2) is 14.8 Å². The molecule has 13 heteroatoms. The number of aliphatic imine (C=N–C) groups is 4. The van der Waals surface area contributed by atoms with Gasteiger partial charge in [-0.1, -0.05) is 77.0 Å². The Bertz CT molecular complexity index is 963. The van der Waals surface area contributed by atoms with E-state index in [0.717, 1.165) is 23.8 Å². The molecule has 50 heavy (non-hydrogen) atoms. The molecule has 13 nitrogen and oxygen atoms in total. The van der Waals surface area contributed by atoms with Gasteiger partial charge in [-0.2, -0.15) is 9.98 Å². The molecule has 0 radical (unpaired) electrons. The van der Waals surface area contributed by atoms with E-state index in [2.05, 4.69) is 30.2 Å². The van der Waals surface area contributed by atoms with Crippen molar-refractivity contribution in [1.82, 2.24) is 30.2 Å². The minimum Gasteiger partial charge on any atom is -0.450 e. The SMILES string of the molecule is CN(C)C(=NC(=NC1CCCCC1)NC1CCCCC1)N(C)C.CN(C)C(=NC(=NC1CCCCC1)NC1CCCCC1)N(C)C.O=C(O)O. The number of nitrogens with one attached hydrogen (secondary N) is 2. The maximum atomic E-state index is 8.56. The van der Waals surface area contributed by atoms with Crippen LogP contribution in [0.25, 0.3) is 0 Å². The average Bonchev–Trinajstić information content (AvgIpc) is 3.07. The molecule has 4 N–H and O–H groups in total. The van der Waals surface area contributed by atoms with Crippen LogP contribution in [0.3, 0.4) is 0 Å². The highest BCUT2D eigenvalue weighted by Gasteiger charge is 2.20. The van der Waals surface area contributed by atoms with Crippen molar-refractivity contribution in [3.63, 3.8) is 0 Å². The van der Waals surface area contributed by atoms with Crippen molar-refractivity contribution in [3.05, 3.63) is 0 Å². The molecular formula is C37H72N10O3. The summed E-state index contributed by atoms with van der Waals surface area (Å²) in [6.07, 6.45) is 24.0. The zero-order chi connectivity index (χ0) is 36.9. The van der Waals surface area contributed by atoms with Crippen molar-refractivity contribution in [1.29, 1.82) is 0 Å². The van der Waals surface area contributed by atoms with E-state index < -0.39 is 6.16 Å². The molecule has 4 saturated carbocycles. The summed E-state index contributed by atoms with van der Waals surface area (Å²) in [4.78, 5) is 36.5. The first-order chi connectivity index (χ1) is 23.8. The predicted octanol–water partition coefficient (Wildman–Crippen LogP) is 6.38. The zero-order valence-electron chi connectivity index (χ0n) is 32.8. The molecule has 4 fully saturated rings. The van der Waals surface area contributed by atoms with E-state index in [4.69, 9.17) is 35.0 Å². The summed E-state index contributed by atoms with van der Waals surface area (Å²) < 4.78 is 0. The number of carbonyl (C=O) groups is 1. The van der Waals surface area contributed by atoms with Gasteiger partial charge in [-0.15, -0.1) is 0 Å². The summed E-state index contributed by atoms with van der Waals surface area (Å²) in [5, 5.41) is 21.2. The molecule has 288 valence electrons. The second-order valence-corrected chi connectivity index (χ2v) is 15.1. The second kappa shape index (κ2) is 24.0. The molecule has 0 saturated heterocycles. The van der Waals surface area contributed by atoms with Crippen LogP contribution in [-0.4, -0.2) is 140 Å². The lowest BCUT2D eigenvalue weighted by Gasteiger charge is -2.27. The molecule has 0 spiro atoms. The molecule has 4 aliphatic rings. The van der Waals surface area contributed by atoms with Gasteiger partial charge in [0.05, 0.1) is 12.1 Å². The molecule has 0 aliphatic heterocycles. The maximum Gasteiger partial charge on any atom is 0.503 e. The van der Waals surface area contributed by atoms with Crippen molar-refractivity contribution in [2.24, 2.45) is 20.0 Å². The Kier molecular flexibility index (Phi) is 20.6. The molecule has 0 unspecified atom stereocenters. The van der Waals surface area contributed by atoms with Gasteiger partial charge in [0.25, 0.3) is 0 Å². The number of rotatable bonds is 4. The lowest BCUT2D eigenvalue weighted by molar-refractivity contribution is 0.137. The first-order valence-electron chi connectivity index (χ1n) is 19.3. The Morgan fingerprint density at radius 3 is 0.940 bits per heavy atom. The standard InChI is InChI=1S/2C18H35N5.CH2O3/c2*1-22(2)18(23(3)4)21-17(19-15-11-7-5-8-12-15)20-16-13-9-6-10-14-16;2-1(3)4/h2*15-16H,5-14H2,1-4H3,(H,19,20);(H2,2,3,4). The van der Waals surface area contributed by atoms with Gasteiger partial charge >= 0.3 is 6.16 Å². The van der Waals surface area contributed by atoms with Crippen LogP contribution in [0.2, 0.25) is 0 Å². The molecule has 4 rings (SSSR count). The number of hydrogen-bond acceptors (Lipinski definition) is 3. The third kappa shape index (κ3) is 18.1. The fourth-order valence-corrected chi connectivity index (χ4v) is 7.21. The molecule has 0 atom stereocenters. The van der Waals surface area contributed by atoms with Crippen molar-refractivity contribution in [2.75, 3.05) is 56.4 Å². The highest BCUT2D eigenvalue weighted by Crippen LogP contribution is 2.23. The van der Waals surface area contributed by atoms with E-state index in [1.165, 1.54) is 128 Å². The molecule has 0 bridgehead atoms. The third-order valence-corrected chi connectivity index (χ3v) is 9.65. The zero-order valence-corrected chi connectivity index (χ0v) is 32.8. The van der Waals surface area contributed by atoms with Crippen LogP contribution in [0, 0.1) is 0 Å². The van der Waals surface area contributed by atoms with E-state index in [-0.39, 0.29) is 0 Å². The highest BCUT2D eigenvalue weighted by atomic mass is 16.6. The predicted molar refractivity (Wildman–Crippen MR) is 209 cm³/mol. The van der Waals surface area contributed by atoms with Gasteiger partial charge in [0.15, 0.2) is 0 Å². The monoisotopic (exact) mass is 705 g/mol. The van der Waals surface area contributed by atoms with E-state index in [1.54, 1.807) is 0 Å². The Labute approximate surface area is 303 Å². The minimum atomic E-state index is -1.83. The third-order valence-electron chi connectivity index (χ3n) is 9.65. The van der Waals surface area contributed by atoms with Crippen molar-refractivity contribution in [2.45, 2.75) is 153 Å². The smallest absolute Gasteiger partial charge is 0.450 e. The number of nitrogens with zero attached hydrogens (tertiary/aromatic N) is 8. The van der Waals surface area contributed by atoms with Gasteiger partial charge in [0, 0.05) is 68.5 Å². The summed E-state index contributed by atoms with van der Waals surface area (Å²) in [6.45, 7) is 0. The van der Waals surface area contributed by atoms with Crippen LogP contribution >= 0.6 is 0 Å².